The van der Waals surface area contributed by atoms with Crippen molar-refractivity contribution in [2.75, 3.05) is 6.61 Å². The van der Waals surface area contributed by atoms with Crippen molar-refractivity contribution < 1.29 is 39.3 Å². The van der Waals surface area contributed by atoms with Crippen LogP contribution in [0.3, 0.4) is 0 Å². The topological polar surface area (TPSA) is 211 Å². The van der Waals surface area contributed by atoms with Gasteiger partial charge in [0.25, 0.3) is 5.56 Å². The number of nitrogens with one attached hydrogen (secondary N) is 1. The molecule has 2 aromatic rings. The number of aliphatic hydroxyl groups is 3. The lowest BCUT2D eigenvalue weighted by atomic mass is 10.1. The Labute approximate surface area is 133 Å². The van der Waals surface area contributed by atoms with Gasteiger partial charge in [-0.3, -0.25) is 9.36 Å². The minimum atomic E-state index is -4.64. The van der Waals surface area contributed by atoms with Crippen LogP contribution in [0.15, 0.2) is 17.4 Å². The minimum absolute atomic E-state index is 0.111. The highest BCUT2D eigenvalue weighted by molar-refractivity contribution is 7.45. The molecule has 1 saturated heterocycles. The molecule has 134 valence electrons. The maximum absolute atomic E-state index is 11.5. The van der Waals surface area contributed by atoms with Gasteiger partial charge in [0.15, 0.2) is 17.4 Å². The largest absolute Gasteiger partial charge is 0.466 e. The number of H-pyrrole nitrogens is 1. The summed E-state index contributed by atoms with van der Waals surface area (Å²) in [5.74, 6) is 0. The van der Waals surface area contributed by atoms with E-state index in [0.29, 0.717) is 0 Å². The van der Waals surface area contributed by atoms with E-state index >= 15 is 0 Å². The van der Waals surface area contributed by atoms with Gasteiger partial charge in [0.2, 0.25) is 0 Å². The van der Waals surface area contributed by atoms with Crippen molar-refractivity contribution in [3.63, 3.8) is 0 Å². The van der Waals surface area contributed by atoms with Gasteiger partial charge in [0, 0.05) is 0 Å². The smallest absolute Gasteiger partial charge is 0.394 e. The summed E-state index contributed by atoms with van der Waals surface area (Å²) in [7, 11) is -4.64. The number of hydrogen-bond donors (Lipinski definition) is 7. The average molecular weight is 366 g/mol. The second-order valence-electron chi connectivity index (χ2n) is 4.80. The fourth-order valence-corrected chi connectivity index (χ4v) is 2.16. The molecule has 0 radical (unpaired) electrons. The predicted octanol–water partition coefficient (Wildman–Crippen LogP) is -3.20. The van der Waals surface area contributed by atoms with Gasteiger partial charge in [-0.1, -0.05) is 0 Å². The number of imidazole rings is 1. The van der Waals surface area contributed by atoms with Crippen molar-refractivity contribution in [2.45, 2.75) is 24.5 Å². The zero-order valence-electron chi connectivity index (χ0n) is 11.9. The highest BCUT2D eigenvalue weighted by atomic mass is 31.2. The van der Waals surface area contributed by atoms with Crippen LogP contribution < -0.4 is 5.56 Å². The van der Waals surface area contributed by atoms with Crippen LogP contribution in [-0.4, -0.2) is 74.4 Å². The number of rotatable bonds is 2. The molecule has 14 heteroatoms. The van der Waals surface area contributed by atoms with Gasteiger partial charge in [-0.25, -0.2) is 14.5 Å². The Morgan fingerprint density at radius 1 is 1.25 bits per heavy atom. The Balaban J connectivity index is 0.000000368. The van der Waals surface area contributed by atoms with Crippen LogP contribution in [0, 0.1) is 0 Å². The number of fused-ring (bicyclic) bond motifs is 1. The van der Waals surface area contributed by atoms with Gasteiger partial charge in [0.05, 0.1) is 19.3 Å². The molecule has 13 nitrogen and oxygen atoms in total. The van der Waals surface area contributed by atoms with E-state index in [-0.39, 0.29) is 11.2 Å². The lowest BCUT2D eigenvalue weighted by molar-refractivity contribution is -0.0511. The number of aromatic amines is 1. The lowest BCUT2D eigenvalue weighted by Gasteiger charge is -2.16. The van der Waals surface area contributed by atoms with E-state index in [1.54, 1.807) is 0 Å². The first-order chi connectivity index (χ1) is 11.1. The Bertz CT molecular complexity index is 793. The summed E-state index contributed by atoms with van der Waals surface area (Å²) in [5.41, 5.74) is -0.0608. The van der Waals surface area contributed by atoms with Crippen molar-refractivity contribution in [3.8, 4) is 0 Å². The minimum Gasteiger partial charge on any atom is -0.394 e. The maximum Gasteiger partial charge on any atom is 0.466 e. The normalized spacial score (nSPS) is 27.1. The monoisotopic (exact) mass is 366 g/mol. The fourth-order valence-electron chi connectivity index (χ4n) is 2.16. The van der Waals surface area contributed by atoms with Crippen LogP contribution in [0.2, 0.25) is 0 Å². The number of nitrogens with zero attached hydrogens (tertiary/aromatic N) is 3. The van der Waals surface area contributed by atoms with Gasteiger partial charge in [0.1, 0.15) is 18.3 Å². The maximum atomic E-state index is 11.5. The van der Waals surface area contributed by atoms with Crippen LogP contribution in [0.5, 0.6) is 0 Å². The van der Waals surface area contributed by atoms with Gasteiger partial charge < -0.3 is 39.7 Å². The summed E-state index contributed by atoms with van der Waals surface area (Å²) in [6.45, 7) is -0.421. The Morgan fingerprint density at radius 2 is 1.88 bits per heavy atom. The second-order valence-corrected chi connectivity index (χ2v) is 5.82. The van der Waals surface area contributed by atoms with E-state index < -0.39 is 44.5 Å². The number of hydrogen-bond acceptors (Lipinski definition) is 8. The van der Waals surface area contributed by atoms with Crippen molar-refractivity contribution in [1.29, 1.82) is 0 Å². The Kier molecular flexibility index (Phi) is 5.47. The van der Waals surface area contributed by atoms with E-state index in [9.17, 15) is 15.0 Å². The lowest BCUT2D eigenvalue weighted by Crippen LogP contribution is -2.33. The van der Waals surface area contributed by atoms with Crippen LogP contribution in [0.4, 0.5) is 0 Å². The summed E-state index contributed by atoms with van der Waals surface area (Å²) in [6, 6.07) is 0. The van der Waals surface area contributed by atoms with E-state index in [4.69, 9.17) is 29.1 Å². The zero-order valence-corrected chi connectivity index (χ0v) is 12.8. The summed E-state index contributed by atoms with van der Waals surface area (Å²) < 4.78 is 15.6. The number of ether oxygens (including phenoxy) is 1. The number of aromatic nitrogens is 4. The van der Waals surface area contributed by atoms with E-state index in [0.717, 1.165) is 0 Å². The van der Waals surface area contributed by atoms with Crippen LogP contribution in [0.25, 0.3) is 11.2 Å². The molecule has 24 heavy (non-hydrogen) atoms. The molecule has 3 heterocycles. The van der Waals surface area contributed by atoms with Crippen LogP contribution in [-0.2, 0) is 9.30 Å². The highest BCUT2D eigenvalue weighted by Gasteiger charge is 2.43. The van der Waals surface area contributed by atoms with Crippen molar-refractivity contribution in [1.82, 2.24) is 19.5 Å². The third-order valence-corrected chi connectivity index (χ3v) is 3.16. The van der Waals surface area contributed by atoms with E-state index in [2.05, 4.69) is 15.0 Å². The summed E-state index contributed by atoms with van der Waals surface area (Å²) in [4.78, 5) is 43.3. The highest BCUT2D eigenvalue weighted by Crippen LogP contribution is 2.30. The molecule has 0 saturated carbocycles. The first-order valence-electron chi connectivity index (χ1n) is 6.44. The van der Waals surface area contributed by atoms with Gasteiger partial charge in [-0.15, -0.1) is 0 Å². The molecule has 0 spiro atoms. The van der Waals surface area contributed by atoms with Gasteiger partial charge in [-0.05, 0) is 0 Å². The number of aliphatic hydroxyl groups excluding tert-OH is 3. The molecule has 7 N–H and O–H groups in total. The fraction of sp³-hybridized carbons (Fsp3) is 0.500. The second kappa shape index (κ2) is 7.04. The molecule has 0 bridgehead atoms. The van der Waals surface area contributed by atoms with E-state index in [1.807, 2.05) is 0 Å². The van der Waals surface area contributed by atoms with Crippen molar-refractivity contribution >= 4 is 19.0 Å². The summed E-state index contributed by atoms with van der Waals surface area (Å²) in [6.07, 6.45) is -1.78. The van der Waals surface area contributed by atoms with E-state index in [1.165, 1.54) is 17.2 Å². The Hall–Kier alpha value is -1.70. The molecular formula is C10H15N4O9P. The molecule has 1 fully saturated rings. The van der Waals surface area contributed by atoms with Crippen LogP contribution >= 0.6 is 7.82 Å². The molecule has 1 aliphatic heterocycles. The molecule has 0 amide bonds. The predicted molar refractivity (Wildman–Crippen MR) is 75.4 cm³/mol. The standard InChI is InChI=1S/C10H12N4O5.H3O4P/c15-1-4-6(16)7(17)10(19-4)14-3-13-5-8(14)11-2-12-9(5)18;1-5(2,3)4/h2-4,6-7,10,15-17H,1H2,(H,11,12,18);(H3,1,2,3,4)/t4-,6-,7-,10-;/m1./s1. The van der Waals surface area contributed by atoms with Gasteiger partial charge >= 0.3 is 7.82 Å². The molecule has 0 unspecified atom stereocenters. The Morgan fingerprint density at radius 3 is 2.42 bits per heavy atom. The molecular weight excluding hydrogens is 351 g/mol. The zero-order chi connectivity index (χ0) is 18.1. The molecule has 4 atom stereocenters. The molecule has 3 rings (SSSR count). The SMILES string of the molecule is O=P(O)(O)O.O=c1[nH]cnc2c1ncn2[C@@H]1O[C@H](CO)[C@@H](O)[C@H]1O. The average Bonchev–Trinajstić information content (AvgIpc) is 3.01. The first-order valence-corrected chi connectivity index (χ1v) is 8.01. The molecule has 1 aliphatic rings. The number of phosphoric acid groups is 1. The summed E-state index contributed by atoms with van der Waals surface area (Å²) >= 11 is 0. The molecule has 2 aromatic heterocycles. The molecule has 0 aliphatic carbocycles. The molecule has 0 aromatic carbocycles. The van der Waals surface area contributed by atoms with Gasteiger partial charge in [-0.2, -0.15) is 0 Å². The summed E-state index contributed by atoms with van der Waals surface area (Å²) in [5, 5.41) is 28.6. The first kappa shape index (κ1) is 18.6. The van der Waals surface area contributed by atoms with Crippen molar-refractivity contribution in [3.05, 3.63) is 23.0 Å². The third kappa shape index (κ3) is 4.03. The van der Waals surface area contributed by atoms with Crippen molar-refractivity contribution in [2.24, 2.45) is 0 Å². The van der Waals surface area contributed by atoms with Crippen LogP contribution in [0.1, 0.15) is 6.23 Å². The third-order valence-electron chi connectivity index (χ3n) is 3.16. The quantitative estimate of drug-likeness (QED) is 0.263.